The highest BCUT2D eigenvalue weighted by molar-refractivity contribution is 6.44. The average molecular weight is 365 g/mol. The molecule has 0 aliphatic carbocycles. The molecule has 0 aromatic heterocycles. The van der Waals surface area contributed by atoms with Crippen molar-refractivity contribution in [2.45, 2.75) is 134 Å². The third-order valence-electron chi connectivity index (χ3n) is 4.78. The number of hydrogen-bond donors (Lipinski definition) is 0. The monoisotopic (exact) mass is 364 g/mol. The third kappa shape index (κ3) is 22.6. The van der Waals surface area contributed by atoms with Crippen LogP contribution in [0.5, 0.6) is 0 Å². The van der Waals surface area contributed by atoms with Gasteiger partial charge in [0, 0.05) is 0 Å². The molecule has 0 bridgehead atoms. The van der Waals surface area contributed by atoms with Crippen LogP contribution in [0.15, 0.2) is 0 Å². The molecule has 23 heavy (non-hydrogen) atoms. The van der Waals surface area contributed by atoms with Gasteiger partial charge in [0.25, 0.3) is 0 Å². The largest absolute Gasteiger partial charge is 0.107 e. The molecule has 0 heterocycles. The Bertz CT molecular complexity index is 204. The van der Waals surface area contributed by atoms with Crippen LogP contribution in [-0.4, -0.2) is 4.84 Å². The Labute approximate surface area is 157 Å². The molecule has 0 fully saturated rings. The molecule has 0 rings (SSSR count). The van der Waals surface area contributed by atoms with Gasteiger partial charge in [-0.25, -0.2) is 0 Å². The van der Waals surface area contributed by atoms with Gasteiger partial charge in [-0.2, -0.15) is 0 Å². The summed E-state index contributed by atoms with van der Waals surface area (Å²) < 4.78 is 0. The highest BCUT2D eigenvalue weighted by atomic mass is 35.5. The van der Waals surface area contributed by atoms with E-state index in [0.717, 1.165) is 6.42 Å². The Hall–Kier alpha value is 0.580. The molecule has 0 nitrogen and oxygen atoms in total. The summed E-state index contributed by atoms with van der Waals surface area (Å²) in [5.41, 5.74) is 0. The van der Waals surface area contributed by atoms with E-state index in [2.05, 4.69) is 6.92 Å². The van der Waals surface area contributed by atoms with Crippen LogP contribution < -0.4 is 0 Å². The zero-order valence-corrected chi connectivity index (χ0v) is 17.3. The molecule has 0 saturated carbocycles. The third-order valence-corrected chi connectivity index (χ3v) is 5.21. The minimum absolute atomic E-state index is 0.156. The number of rotatable bonds is 19. The van der Waals surface area contributed by atoms with Crippen LogP contribution in [0, 0.1) is 0 Å². The second-order valence-electron chi connectivity index (χ2n) is 7.19. The second-order valence-corrected chi connectivity index (χ2v) is 8.47. The fraction of sp³-hybridized carbons (Fsp3) is 1.00. The quantitative estimate of drug-likeness (QED) is 0.158. The fourth-order valence-electron chi connectivity index (χ4n) is 3.20. The van der Waals surface area contributed by atoms with Crippen LogP contribution in [-0.2, 0) is 0 Å². The molecular formula is C21H42Cl2. The van der Waals surface area contributed by atoms with Gasteiger partial charge in [-0.15, -0.1) is 23.2 Å². The lowest BCUT2D eigenvalue weighted by Crippen LogP contribution is -1.87. The van der Waals surface area contributed by atoms with Crippen molar-refractivity contribution >= 4 is 23.2 Å². The maximum atomic E-state index is 5.72. The minimum Gasteiger partial charge on any atom is -0.105 e. The zero-order chi connectivity index (χ0) is 17.0. The highest BCUT2D eigenvalue weighted by Crippen LogP contribution is 2.16. The van der Waals surface area contributed by atoms with E-state index in [1.54, 1.807) is 0 Å². The van der Waals surface area contributed by atoms with Crippen LogP contribution in [0.3, 0.4) is 0 Å². The van der Waals surface area contributed by atoms with E-state index in [4.69, 9.17) is 23.2 Å². The first kappa shape index (κ1) is 23.6. The van der Waals surface area contributed by atoms with Crippen molar-refractivity contribution in [3.8, 4) is 0 Å². The smallest absolute Gasteiger partial charge is 0.105 e. The SMILES string of the molecule is CCCCCCCCCCCCCCCCCCCCC(Cl)Cl. The minimum atomic E-state index is -0.156. The van der Waals surface area contributed by atoms with Crippen LogP contribution in [0.25, 0.3) is 0 Å². The Morgan fingerprint density at radius 3 is 0.957 bits per heavy atom. The van der Waals surface area contributed by atoms with E-state index in [1.807, 2.05) is 0 Å². The lowest BCUT2D eigenvalue weighted by molar-refractivity contribution is 0.524. The molecule has 0 aromatic rings. The number of unbranched alkanes of at least 4 members (excludes halogenated alkanes) is 17. The summed E-state index contributed by atoms with van der Waals surface area (Å²) >= 11 is 11.4. The summed E-state index contributed by atoms with van der Waals surface area (Å²) in [6, 6.07) is 0. The van der Waals surface area contributed by atoms with Gasteiger partial charge >= 0.3 is 0 Å². The lowest BCUT2D eigenvalue weighted by atomic mass is 10.0. The predicted octanol–water partition coefficient (Wildman–Crippen LogP) is 9.22. The van der Waals surface area contributed by atoms with Crippen molar-refractivity contribution in [3.63, 3.8) is 0 Å². The summed E-state index contributed by atoms with van der Waals surface area (Å²) in [6.45, 7) is 2.29. The van der Waals surface area contributed by atoms with Gasteiger partial charge in [-0.1, -0.05) is 122 Å². The molecule has 0 aromatic carbocycles. The van der Waals surface area contributed by atoms with E-state index in [1.165, 1.54) is 116 Å². The van der Waals surface area contributed by atoms with Gasteiger partial charge in [0.05, 0.1) is 0 Å². The summed E-state index contributed by atoms with van der Waals surface area (Å²) in [7, 11) is 0. The maximum Gasteiger partial charge on any atom is 0.107 e. The molecule has 0 amide bonds. The first-order chi connectivity index (χ1) is 11.3. The van der Waals surface area contributed by atoms with E-state index in [-0.39, 0.29) is 4.84 Å². The summed E-state index contributed by atoms with van der Waals surface area (Å²) in [6.07, 6.45) is 26.5. The molecular weight excluding hydrogens is 323 g/mol. The summed E-state index contributed by atoms with van der Waals surface area (Å²) in [4.78, 5) is -0.156. The summed E-state index contributed by atoms with van der Waals surface area (Å²) in [5, 5.41) is 0. The Morgan fingerprint density at radius 2 is 0.696 bits per heavy atom. The molecule has 0 aliphatic heterocycles. The molecule has 140 valence electrons. The van der Waals surface area contributed by atoms with Crippen molar-refractivity contribution in [1.29, 1.82) is 0 Å². The van der Waals surface area contributed by atoms with Gasteiger partial charge in [0.2, 0.25) is 0 Å². The van der Waals surface area contributed by atoms with Gasteiger partial charge in [0.1, 0.15) is 4.84 Å². The predicted molar refractivity (Wildman–Crippen MR) is 109 cm³/mol. The first-order valence-electron chi connectivity index (χ1n) is 10.6. The topological polar surface area (TPSA) is 0 Å². The number of hydrogen-bond acceptors (Lipinski definition) is 0. The van der Waals surface area contributed by atoms with Gasteiger partial charge in [-0.05, 0) is 6.42 Å². The molecule has 0 unspecified atom stereocenters. The van der Waals surface area contributed by atoms with Crippen molar-refractivity contribution in [2.75, 3.05) is 0 Å². The van der Waals surface area contributed by atoms with E-state index in [0.29, 0.717) is 0 Å². The first-order valence-corrected chi connectivity index (χ1v) is 11.4. The van der Waals surface area contributed by atoms with Crippen LogP contribution in [0.1, 0.15) is 129 Å². The standard InChI is InChI=1S/C21H42Cl2/c1-2-3-4-5-6-7-8-9-10-11-12-13-14-15-16-17-18-19-20-21(22)23/h21H,2-20H2,1H3. The molecule has 0 N–H and O–H groups in total. The molecule has 0 spiro atoms. The Morgan fingerprint density at radius 1 is 0.435 bits per heavy atom. The lowest BCUT2D eigenvalue weighted by Gasteiger charge is -2.04. The summed E-state index contributed by atoms with van der Waals surface area (Å²) in [5.74, 6) is 0. The Kier molecular flexibility index (Phi) is 21.1. The molecule has 0 aliphatic rings. The van der Waals surface area contributed by atoms with Crippen LogP contribution in [0.4, 0.5) is 0 Å². The second kappa shape index (κ2) is 20.6. The van der Waals surface area contributed by atoms with Crippen molar-refractivity contribution in [1.82, 2.24) is 0 Å². The van der Waals surface area contributed by atoms with Crippen molar-refractivity contribution in [2.24, 2.45) is 0 Å². The van der Waals surface area contributed by atoms with Crippen molar-refractivity contribution in [3.05, 3.63) is 0 Å². The average Bonchev–Trinajstić information content (AvgIpc) is 2.53. The van der Waals surface area contributed by atoms with Crippen LogP contribution >= 0.6 is 23.2 Å². The highest BCUT2D eigenvalue weighted by Gasteiger charge is 1.98. The van der Waals surface area contributed by atoms with Crippen molar-refractivity contribution < 1.29 is 0 Å². The number of halogens is 2. The maximum absolute atomic E-state index is 5.72. The van der Waals surface area contributed by atoms with Crippen LogP contribution in [0.2, 0.25) is 0 Å². The molecule has 2 heteroatoms. The Balaban J connectivity index is 2.95. The fourth-order valence-corrected chi connectivity index (χ4v) is 3.51. The van der Waals surface area contributed by atoms with Gasteiger partial charge < -0.3 is 0 Å². The van der Waals surface area contributed by atoms with Gasteiger partial charge in [0.15, 0.2) is 0 Å². The molecule has 0 atom stereocenters. The van der Waals surface area contributed by atoms with Gasteiger partial charge in [-0.3, -0.25) is 0 Å². The molecule has 0 saturated heterocycles. The normalized spacial score (nSPS) is 11.5. The van der Waals surface area contributed by atoms with E-state index in [9.17, 15) is 0 Å². The van der Waals surface area contributed by atoms with E-state index >= 15 is 0 Å². The molecule has 0 radical (unpaired) electrons. The number of alkyl halides is 2. The zero-order valence-electron chi connectivity index (χ0n) is 15.8. The van der Waals surface area contributed by atoms with E-state index < -0.39 is 0 Å².